The lowest BCUT2D eigenvalue weighted by Gasteiger charge is -2.16. The Morgan fingerprint density at radius 1 is 1.35 bits per heavy atom. The van der Waals surface area contributed by atoms with E-state index < -0.39 is 0 Å². The maximum Gasteiger partial charge on any atom is 0.232 e. The monoisotopic (exact) mass is 274 g/mol. The molecule has 0 spiro atoms. The number of carbonyl (C=O) groups excluding carboxylic acids is 1. The van der Waals surface area contributed by atoms with E-state index in [0.717, 1.165) is 18.0 Å². The second-order valence-corrected chi connectivity index (χ2v) is 4.57. The Balaban J connectivity index is 0.00000256. The molecule has 0 bridgehead atoms. The van der Waals surface area contributed by atoms with Gasteiger partial charge in [-0.2, -0.15) is 0 Å². The largest absolute Gasteiger partial charge is 0.344 e. The van der Waals surface area contributed by atoms with Gasteiger partial charge in [0.15, 0.2) is 0 Å². The molecule has 0 aromatic heterocycles. The molecule has 1 rings (SSSR count). The predicted molar refractivity (Wildman–Crippen MR) is 76.0 cm³/mol. The van der Waals surface area contributed by atoms with Gasteiger partial charge in [-0.1, -0.05) is 18.2 Å². The van der Waals surface area contributed by atoms with Crippen molar-refractivity contribution in [3.8, 4) is 0 Å². The average molecular weight is 275 g/mol. The summed E-state index contributed by atoms with van der Waals surface area (Å²) in [6, 6.07) is 9.98. The molecule has 3 nitrogen and oxygen atoms in total. The Kier molecular flexibility index (Phi) is 8.94. The van der Waals surface area contributed by atoms with E-state index in [1.807, 2.05) is 44.4 Å². The third-order valence-electron chi connectivity index (χ3n) is 2.23. The van der Waals surface area contributed by atoms with E-state index in [-0.39, 0.29) is 18.3 Å². The normalized spacial score (nSPS) is 9.53. The Hall–Kier alpha value is -0.710. The van der Waals surface area contributed by atoms with Crippen LogP contribution in [0.1, 0.15) is 0 Å². The lowest BCUT2D eigenvalue weighted by atomic mass is 10.4. The fourth-order valence-electron chi connectivity index (χ4n) is 1.18. The maximum atomic E-state index is 11.7. The molecule has 5 heteroatoms. The first-order chi connectivity index (χ1) is 7.74. The van der Waals surface area contributed by atoms with Crippen molar-refractivity contribution >= 4 is 30.1 Å². The first-order valence-electron chi connectivity index (χ1n) is 5.30. The van der Waals surface area contributed by atoms with Crippen molar-refractivity contribution in [1.82, 2.24) is 10.2 Å². The van der Waals surface area contributed by atoms with Gasteiger partial charge in [-0.3, -0.25) is 4.79 Å². The minimum atomic E-state index is 0. The van der Waals surface area contributed by atoms with E-state index in [9.17, 15) is 4.79 Å². The predicted octanol–water partition coefficient (Wildman–Crippen LogP) is 1.88. The number of thioether (sulfide) groups is 1. The van der Waals surface area contributed by atoms with E-state index in [1.54, 1.807) is 16.7 Å². The molecule has 96 valence electrons. The third kappa shape index (κ3) is 6.56. The van der Waals surface area contributed by atoms with Crippen molar-refractivity contribution in [1.29, 1.82) is 0 Å². The molecule has 0 atom stereocenters. The van der Waals surface area contributed by atoms with Crippen LogP contribution in [0, 0.1) is 0 Å². The molecule has 1 aromatic carbocycles. The molecule has 1 N–H and O–H groups in total. The van der Waals surface area contributed by atoms with Gasteiger partial charge in [0.2, 0.25) is 5.91 Å². The number of rotatable bonds is 6. The standard InChI is InChI=1S/C12H18N2OS.ClH/c1-13-8-9-14(2)12(15)10-16-11-6-4-3-5-7-11;/h3-7,13H,8-10H2,1-2H3;1H. The SMILES string of the molecule is CNCCN(C)C(=O)CSc1ccccc1.Cl. The topological polar surface area (TPSA) is 32.3 Å². The fourth-order valence-corrected chi connectivity index (χ4v) is 2.04. The molecule has 0 aliphatic carbocycles. The summed E-state index contributed by atoms with van der Waals surface area (Å²) in [5.41, 5.74) is 0. The van der Waals surface area contributed by atoms with Crippen LogP contribution in [0.15, 0.2) is 35.2 Å². The highest BCUT2D eigenvalue weighted by atomic mass is 35.5. The smallest absolute Gasteiger partial charge is 0.232 e. The van der Waals surface area contributed by atoms with Crippen molar-refractivity contribution in [2.24, 2.45) is 0 Å². The van der Waals surface area contributed by atoms with Gasteiger partial charge in [0, 0.05) is 25.0 Å². The highest BCUT2D eigenvalue weighted by Crippen LogP contribution is 2.16. The highest BCUT2D eigenvalue weighted by Gasteiger charge is 2.07. The summed E-state index contributed by atoms with van der Waals surface area (Å²) < 4.78 is 0. The summed E-state index contributed by atoms with van der Waals surface area (Å²) in [5.74, 6) is 0.675. The summed E-state index contributed by atoms with van der Waals surface area (Å²) in [6.07, 6.45) is 0. The summed E-state index contributed by atoms with van der Waals surface area (Å²) in [7, 11) is 3.72. The minimum Gasteiger partial charge on any atom is -0.344 e. The first-order valence-corrected chi connectivity index (χ1v) is 6.29. The van der Waals surface area contributed by atoms with Crippen LogP contribution in [0.5, 0.6) is 0 Å². The van der Waals surface area contributed by atoms with Crippen molar-refractivity contribution in [2.75, 3.05) is 32.9 Å². The van der Waals surface area contributed by atoms with Crippen LogP contribution in [0.4, 0.5) is 0 Å². The zero-order valence-electron chi connectivity index (χ0n) is 10.2. The van der Waals surface area contributed by atoms with E-state index >= 15 is 0 Å². The van der Waals surface area contributed by atoms with Crippen LogP contribution in [0.25, 0.3) is 0 Å². The molecule has 0 saturated heterocycles. The summed E-state index contributed by atoms with van der Waals surface area (Å²) in [6.45, 7) is 1.59. The second-order valence-electron chi connectivity index (χ2n) is 3.52. The lowest BCUT2D eigenvalue weighted by molar-refractivity contribution is -0.127. The Morgan fingerprint density at radius 2 is 2.00 bits per heavy atom. The molecule has 0 fully saturated rings. The van der Waals surface area contributed by atoms with Gasteiger partial charge in [-0.25, -0.2) is 0 Å². The van der Waals surface area contributed by atoms with Gasteiger partial charge in [0.05, 0.1) is 5.75 Å². The zero-order chi connectivity index (χ0) is 11.8. The first kappa shape index (κ1) is 16.3. The third-order valence-corrected chi connectivity index (χ3v) is 3.23. The molecule has 0 unspecified atom stereocenters. The van der Waals surface area contributed by atoms with Crippen LogP contribution in [0.2, 0.25) is 0 Å². The average Bonchev–Trinajstić information content (AvgIpc) is 2.34. The molecule has 1 aromatic rings. The van der Waals surface area contributed by atoms with E-state index in [2.05, 4.69) is 5.32 Å². The van der Waals surface area contributed by atoms with Gasteiger partial charge in [-0.15, -0.1) is 24.2 Å². The summed E-state index contributed by atoms with van der Waals surface area (Å²) >= 11 is 1.58. The molecule has 0 aliphatic heterocycles. The zero-order valence-corrected chi connectivity index (χ0v) is 11.8. The van der Waals surface area contributed by atoms with Crippen LogP contribution >= 0.6 is 24.2 Å². The number of hydrogen-bond donors (Lipinski definition) is 1. The van der Waals surface area contributed by atoms with Gasteiger partial charge < -0.3 is 10.2 Å². The van der Waals surface area contributed by atoms with Gasteiger partial charge >= 0.3 is 0 Å². The second kappa shape index (κ2) is 9.33. The van der Waals surface area contributed by atoms with Gasteiger partial charge in [0.25, 0.3) is 0 Å². The molecule has 0 radical (unpaired) electrons. The number of likely N-dealkylation sites (N-methyl/N-ethyl adjacent to an activating group) is 2. The van der Waals surface area contributed by atoms with Crippen molar-refractivity contribution in [3.63, 3.8) is 0 Å². The maximum absolute atomic E-state index is 11.7. The van der Waals surface area contributed by atoms with Crippen molar-refractivity contribution in [3.05, 3.63) is 30.3 Å². The number of nitrogens with one attached hydrogen (secondary N) is 1. The molecule has 0 aliphatic rings. The number of hydrogen-bond acceptors (Lipinski definition) is 3. The van der Waals surface area contributed by atoms with Crippen LogP contribution in [-0.2, 0) is 4.79 Å². The molecule has 0 heterocycles. The molecular formula is C12H19ClN2OS. The molecule has 0 saturated carbocycles. The van der Waals surface area contributed by atoms with Crippen molar-refractivity contribution < 1.29 is 4.79 Å². The van der Waals surface area contributed by atoms with E-state index in [4.69, 9.17) is 0 Å². The highest BCUT2D eigenvalue weighted by molar-refractivity contribution is 8.00. The number of nitrogens with zero attached hydrogens (tertiary/aromatic N) is 1. The van der Waals surface area contributed by atoms with E-state index in [1.165, 1.54) is 0 Å². The minimum absolute atomic E-state index is 0. The Labute approximate surface area is 113 Å². The molecule has 1 amide bonds. The van der Waals surface area contributed by atoms with E-state index in [0.29, 0.717) is 5.75 Å². The summed E-state index contributed by atoms with van der Waals surface area (Å²) in [5, 5.41) is 3.03. The van der Waals surface area contributed by atoms with Gasteiger partial charge in [0.1, 0.15) is 0 Å². The Bertz CT molecular complexity index is 322. The quantitative estimate of drug-likeness (QED) is 0.804. The Morgan fingerprint density at radius 3 is 2.59 bits per heavy atom. The molecular weight excluding hydrogens is 256 g/mol. The van der Waals surface area contributed by atoms with Crippen LogP contribution in [-0.4, -0.2) is 43.7 Å². The number of benzene rings is 1. The van der Waals surface area contributed by atoms with Gasteiger partial charge in [-0.05, 0) is 19.2 Å². The summed E-state index contributed by atoms with van der Waals surface area (Å²) in [4.78, 5) is 14.6. The lowest BCUT2D eigenvalue weighted by Crippen LogP contribution is -2.33. The molecule has 17 heavy (non-hydrogen) atoms. The number of carbonyl (C=O) groups is 1. The number of halogens is 1. The van der Waals surface area contributed by atoms with Crippen LogP contribution in [0.3, 0.4) is 0 Å². The number of amides is 1. The fraction of sp³-hybridized carbons (Fsp3) is 0.417. The van der Waals surface area contributed by atoms with Crippen molar-refractivity contribution in [2.45, 2.75) is 4.90 Å². The van der Waals surface area contributed by atoms with Crippen LogP contribution < -0.4 is 5.32 Å².